The summed E-state index contributed by atoms with van der Waals surface area (Å²) < 4.78 is 5.42. The fraction of sp³-hybridized carbons (Fsp3) is 0.588. The van der Waals surface area contributed by atoms with Crippen LogP contribution >= 0.6 is 0 Å². The molecule has 116 valence electrons. The van der Waals surface area contributed by atoms with Crippen LogP contribution in [-0.2, 0) is 4.74 Å². The number of likely N-dealkylation sites (tertiary alicyclic amines) is 1. The predicted octanol–water partition coefficient (Wildman–Crippen LogP) is 3.37. The zero-order valence-corrected chi connectivity index (χ0v) is 13.1. The van der Waals surface area contributed by atoms with E-state index in [9.17, 15) is 9.90 Å². The Bertz CT molecular complexity index is 467. The zero-order chi connectivity index (χ0) is 15.5. The SMILES string of the molecule is CC(C)(C)OC(=O)N1CCCC([C@H](O)c2ccccc2)C1. The van der Waals surface area contributed by atoms with Gasteiger partial charge in [-0.25, -0.2) is 4.79 Å². The van der Waals surface area contributed by atoms with Gasteiger partial charge in [0, 0.05) is 19.0 Å². The Morgan fingerprint density at radius 1 is 1.33 bits per heavy atom. The minimum absolute atomic E-state index is 0.0636. The van der Waals surface area contributed by atoms with Gasteiger partial charge in [0.15, 0.2) is 0 Å². The molecule has 1 aliphatic heterocycles. The van der Waals surface area contributed by atoms with Crippen molar-refractivity contribution in [2.24, 2.45) is 5.92 Å². The van der Waals surface area contributed by atoms with Gasteiger partial charge in [-0.15, -0.1) is 0 Å². The van der Waals surface area contributed by atoms with E-state index in [-0.39, 0.29) is 12.0 Å². The molecule has 1 aliphatic rings. The van der Waals surface area contributed by atoms with Crippen LogP contribution in [0.4, 0.5) is 4.79 Å². The average Bonchev–Trinajstić information content (AvgIpc) is 2.46. The minimum atomic E-state index is -0.531. The lowest BCUT2D eigenvalue weighted by molar-refractivity contribution is 0.00239. The Kier molecular flexibility index (Phi) is 4.88. The molecule has 2 atom stereocenters. The molecule has 0 spiro atoms. The molecule has 1 heterocycles. The molecule has 4 nitrogen and oxygen atoms in total. The van der Waals surface area contributed by atoms with Crippen LogP contribution in [0.15, 0.2) is 30.3 Å². The number of hydrogen-bond donors (Lipinski definition) is 1. The molecule has 1 amide bonds. The first-order chi connectivity index (χ1) is 9.87. The van der Waals surface area contributed by atoms with Crippen molar-refractivity contribution in [1.82, 2.24) is 4.90 Å². The van der Waals surface area contributed by atoms with Crippen LogP contribution in [0.25, 0.3) is 0 Å². The number of benzene rings is 1. The third-order valence-electron chi connectivity index (χ3n) is 3.70. The highest BCUT2D eigenvalue weighted by molar-refractivity contribution is 5.68. The average molecular weight is 291 g/mol. The van der Waals surface area contributed by atoms with Crippen molar-refractivity contribution in [1.29, 1.82) is 0 Å². The van der Waals surface area contributed by atoms with Crippen LogP contribution in [0, 0.1) is 5.92 Å². The number of carbonyl (C=O) groups excluding carboxylic acids is 1. The van der Waals surface area contributed by atoms with E-state index < -0.39 is 11.7 Å². The van der Waals surface area contributed by atoms with Gasteiger partial charge in [-0.1, -0.05) is 30.3 Å². The fourth-order valence-corrected chi connectivity index (χ4v) is 2.68. The Balaban J connectivity index is 1.99. The van der Waals surface area contributed by atoms with Crippen molar-refractivity contribution in [2.75, 3.05) is 13.1 Å². The molecule has 1 N–H and O–H groups in total. The van der Waals surface area contributed by atoms with Gasteiger partial charge < -0.3 is 14.7 Å². The molecule has 2 rings (SSSR count). The van der Waals surface area contributed by atoms with Crippen molar-refractivity contribution in [3.63, 3.8) is 0 Å². The highest BCUT2D eigenvalue weighted by Crippen LogP contribution is 2.30. The quantitative estimate of drug-likeness (QED) is 0.909. The van der Waals surface area contributed by atoms with E-state index in [0.717, 1.165) is 18.4 Å². The topological polar surface area (TPSA) is 49.8 Å². The highest BCUT2D eigenvalue weighted by atomic mass is 16.6. The second kappa shape index (κ2) is 6.48. The molecule has 1 saturated heterocycles. The van der Waals surface area contributed by atoms with Gasteiger partial charge in [-0.3, -0.25) is 0 Å². The maximum absolute atomic E-state index is 12.1. The molecule has 1 aromatic rings. The number of amides is 1. The van der Waals surface area contributed by atoms with E-state index in [1.54, 1.807) is 4.90 Å². The van der Waals surface area contributed by atoms with Crippen molar-refractivity contribution in [3.05, 3.63) is 35.9 Å². The molecule has 0 bridgehead atoms. The Morgan fingerprint density at radius 3 is 2.62 bits per heavy atom. The standard InChI is InChI=1S/C17H25NO3/c1-17(2,3)21-16(20)18-11-7-10-14(12-18)15(19)13-8-5-4-6-9-13/h4-6,8-9,14-15,19H,7,10-12H2,1-3H3/t14?,15-/m1/s1. The number of rotatable bonds is 2. The first kappa shape index (κ1) is 15.8. The van der Waals surface area contributed by atoms with Gasteiger partial charge in [0.25, 0.3) is 0 Å². The first-order valence-electron chi connectivity index (χ1n) is 7.58. The third kappa shape index (κ3) is 4.46. The van der Waals surface area contributed by atoms with E-state index in [0.29, 0.717) is 13.1 Å². The molecule has 4 heteroatoms. The Labute approximate surface area is 126 Å². The van der Waals surface area contributed by atoms with Crippen LogP contribution in [0.2, 0.25) is 0 Å². The summed E-state index contributed by atoms with van der Waals surface area (Å²) in [5, 5.41) is 10.5. The lowest BCUT2D eigenvalue weighted by Crippen LogP contribution is -2.44. The summed E-state index contributed by atoms with van der Waals surface area (Å²) in [6.07, 6.45) is 1.01. The largest absolute Gasteiger partial charge is 0.444 e. The van der Waals surface area contributed by atoms with E-state index in [4.69, 9.17) is 4.74 Å². The van der Waals surface area contributed by atoms with Crippen molar-refractivity contribution in [3.8, 4) is 0 Å². The van der Waals surface area contributed by atoms with Gasteiger partial charge >= 0.3 is 6.09 Å². The van der Waals surface area contributed by atoms with Crippen molar-refractivity contribution in [2.45, 2.75) is 45.3 Å². The summed E-state index contributed by atoms with van der Waals surface area (Å²) in [5.74, 6) is 0.0636. The van der Waals surface area contributed by atoms with E-state index in [1.807, 2.05) is 51.1 Å². The summed E-state index contributed by atoms with van der Waals surface area (Å²) >= 11 is 0. The van der Waals surface area contributed by atoms with Gasteiger partial charge in [0.2, 0.25) is 0 Å². The Hall–Kier alpha value is -1.55. The van der Waals surface area contributed by atoms with Crippen LogP contribution in [-0.4, -0.2) is 34.8 Å². The van der Waals surface area contributed by atoms with Crippen LogP contribution in [0.3, 0.4) is 0 Å². The summed E-state index contributed by atoms with van der Waals surface area (Å²) in [6, 6.07) is 9.64. The van der Waals surface area contributed by atoms with Crippen LogP contribution < -0.4 is 0 Å². The lowest BCUT2D eigenvalue weighted by Gasteiger charge is -2.36. The number of ether oxygens (including phenoxy) is 1. The van der Waals surface area contributed by atoms with Gasteiger partial charge in [-0.05, 0) is 39.2 Å². The number of nitrogens with zero attached hydrogens (tertiary/aromatic N) is 1. The van der Waals surface area contributed by atoms with Crippen LogP contribution in [0.5, 0.6) is 0 Å². The molecular formula is C17H25NO3. The number of aliphatic hydroxyl groups is 1. The Morgan fingerprint density at radius 2 is 2.00 bits per heavy atom. The highest BCUT2D eigenvalue weighted by Gasteiger charge is 2.31. The smallest absolute Gasteiger partial charge is 0.410 e. The molecule has 1 aromatic carbocycles. The van der Waals surface area contributed by atoms with E-state index in [2.05, 4.69) is 0 Å². The maximum atomic E-state index is 12.1. The van der Waals surface area contributed by atoms with Crippen LogP contribution in [0.1, 0.15) is 45.3 Å². The van der Waals surface area contributed by atoms with E-state index >= 15 is 0 Å². The summed E-state index contributed by atoms with van der Waals surface area (Å²) in [6.45, 7) is 6.85. The minimum Gasteiger partial charge on any atom is -0.444 e. The number of piperidine rings is 1. The normalized spacial score (nSPS) is 21.0. The summed E-state index contributed by atoms with van der Waals surface area (Å²) in [4.78, 5) is 13.9. The van der Waals surface area contributed by atoms with Gasteiger partial charge in [-0.2, -0.15) is 0 Å². The lowest BCUT2D eigenvalue weighted by atomic mass is 9.89. The third-order valence-corrected chi connectivity index (χ3v) is 3.70. The molecule has 0 aromatic heterocycles. The fourth-order valence-electron chi connectivity index (χ4n) is 2.68. The molecule has 21 heavy (non-hydrogen) atoms. The zero-order valence-electron chi connectivity index (χ0n) is 13.1. The number of aliphatic hydroxyl groups excluding tert-OH is 1. The van der Waals surface area contributed by atoms with Gasteiger partial charge in [0.1, 0.15) is 5.60 Å². The second-order valence-corrected chi connectivity index (χ2v) is 6.68. The molecular weight excluding hydrogens is 266 g/mol. The predicted molar refractivity (Wildman–Crippen MR) is 81.9 cm³/mol. The second-order valence-electron chi connectivity index (χ2n) is 6.68. The summed E-state index contributed by atoms with van der Waals surface area (Å²) in [7, 11) is 0. The molecule has 0 radical (unpaired) electrons. The van der Waals surface area contributed by atoms with Crippen molar-refractivity contribution < 1.29 is 14.6 Å². The van der Waals surface area contributed by atoms with Gasteiger partial charge in [0.05, 0.1) is 6.10 Å². The number of hydrogen-bond acceptors (Lipinski definition) is 3. The maximum Gasteiger partial charge on any atom is 0.410 e. The van der Waals surface area contributed by atoms with E-state index in [1.165, 1.54) is 0 Å². The molecule has 1 fully saturated rings. The molecule has 0 aliphatic carbocycles. The monoisotopic (exact) mass is 291 g/mol. The molecule has 1 unspecified atom stereocenters. The van der Waals surface area contributed by atoms with Crippen molar-refractivity contribution >= 4 is 6.09 Å². The molecule has 0 saturated carbocycles. The first-order valence-corrected chi connectivity index (χ1v) is 7.58. The summed E-state index contributed by atoms with van der Waals surface area (Å²) in [5.41, 5.74) is 0.427. The number of carbonyl (C=O) groups is 1.